The molecule has 6 nitrogen and oxygen atoms in total. The normalized spacial score (nSPS) is 8.08. The molecular formula is C36H95Br4F3I2O6S2. The summed E-state index contributed by atoms with van der Waals surface area (Å²) in [5.74, 6) is 0. The van der Waals surface area contributed by atoms with Crippen molar-refractivity contribution in [2.45, 2.75) is 204 Å². The summed E-state index contributed by atoms with van der Waals surface area (Å²) in [6.07, 6.45) is 14.1. The summed E-state index contributed by atoms with van der Waals surface area (Å²) in [6.45, 7) is 28.4. The number of rotatable bonds is 8. The quantitative estimate of drug-likeness (QED) is 0.104. The maximum absolute atomic E-state index is 11.3. The van der Waals surface area contributed by atoms with E-state index in [4.69, 9.17) is 0 Å². The first-order valence-corrected chi connectivity index (χ1v) is 27.0. The highest BCUT2D eigenvalue weighted by Crippen LogP contribution is 2.24. The lowest BCUT2D eigenvalue weighted by atomic mass is 10.4. The molecule has 0 atom stereocenters. The Kier molecular flexibility index (Phi) is 222. The smallest absolute Gasteiger partial charge is 0.271 e. The van der Waals surface area contributed by atoms with Crippen molar-refractivity contribution < 1.29 is 38.4 Å². The first-order chi connectivity index (χ1) is 22.1. The van der Waals surface area contributed by atoms with Gasteiger partial charge in [0.05, 0.1) is 30.4 Å². The van der Waals surface area contributed by atoms with Crippen LogP contribution < -0.4 is 0 Å². The third-order valence-corrected chi connectivity index (χ3v) is 4.67. The Morgan fingerprint density at radius 3 is 0.623 bits per heavy atom. The van der Waals surface area contributed by atoms with Crippen LogP contribution in [0, 0.1) is 0 Å². The average Bonchev–Trinajstić information content (AvgIpc) is 2.99. The fraction of sp³-hybridized carbons (Fsp3) is 1.00. The van der Waals surface area contributed by atoms with Gasteiger partial charge in [0.1, 0.15) is 0 Å². The summed E-state index contributed by atoms with van der Waals surface area (Å²) < 4.78 is 84.3. The van der Waals surface area contributed by atoms with Crippen molar-refractivity contribution in [1.29, 1.82) is 0 Å². The second-order valence-electron chi connectivity index (χ2n) is 8.13. The number of hydrogen-bond donors (Lipinski definition) is 0. The van der Waals surface area contributed by atoms with E-state index in [0.717, 1.165) is 21.7 Å². The molecule has 0 N–H and O–H groups in total. The molecule has 0 aromatic heterocycles. The molecule has 17 heteroatoms. The Bertz CT molecular complexity index is 595. The molecule has 0 aliphatic rings. The number of hydrogen-bond acceptors (Lipinski definition) is 6. The van der Waals surface area contributed by atoms with Crippen LogP contribution in [0.25, 0.3) is 0 Å². The van der Waals surface area contributed by atoms with Crippen LogP contribution in [-0.4, -0.2) is 52.7 Å². The lowest BCUT2D eigenvalue weighted by Crippen LogP contribution is -2.25. The molecule has 53 heavy (non-hydrogen) atoms. The van der Waals surface area contributed by atoms with Gasteiger partial charge in [0.15, 0.2) is 0 Å². The molecule has 0 saturated heterocycles. The molecule has 0 aromatic rings. The van der Waals surface area contributed by atoms with Crippen molar-refractivity contribution in [2.24, 2.45) is 0 Å². The van der Waals surface area contributed by atoms with Gasteiger partial charge < -0.3 is 0 Å². The molecule has 0 aliphatic carbocycles. The van der Waals surface area contributed by atoms with E-state index >= 15 is 0 Å². The van der Waals surface area contributed by atoms with Crippen molar-refractivity contribution in [3.8, 4) is 0 Å². The first-order valence-electron chi connectivity index (χ1n) is 16.3. The highest BCUT2D eigenvalue weighted by atomic mass is 127. The molecule has 0 unspecified atom stereocenters. The van der Waals surface area contributed by atoms with Gasteiger partial charge in [-0.1, -0.05) is 293 Å². The van der Waals surface area contributed by atoms with E-state index in [1.807, 2.05) is 0 Å². The Morgan fingerprint density at radius 1 is 0.472 bits per heavy atom. The van der Waals surface area contributed by atoms with Gasteiger partial charge in [-0.05, 0) is 13.8 Å². The van der Waals surface area contributed by atoms with Crippen LogP contribution in [-0.2, 0) is 28.6 Å². The van der Waals surface area contributed by atoms with E-state index in [-0.39, 0.29) is 43.7 Å². The zero-order valence-electron chi connectivity index (χ0n) is 32.8. The van der Waals surface area contributed by atoms with Crippen LogP contribution in [0.3, 0.4) is 0 Å². The van der Waals surface area contributed by atoms with Crippen LogP contribution in [0.4, 0.5) is 13.2 Å². The minimum absolute atomic E-state index is 0. The second-order valence-corrected chi connectivity index (χ2v) is 21.1. The molecule has 0 aliphatic heterocycles. The van der Waals surface area contributed by atoms with E-state index in [2.05, 4.69) is 200 Å². The van der Waals surface area contributed by atoms with Crippen LogP contribution >= 0.6 is 109 Å². The molecule has 0 saturated carbocycles. The number of halogens is 9. The monoisotopic (exact) mass is 1310 g/mol. The third kappa shape index (κ3) is 268. The van der Waals surface area contributed by atoms with Gasteiger partial charge in [-0.2, -0.15) is 30.0 Å². The Balaban J connectivity index is -0.0000000207. The summed E-state index contributed by atoms with van der Waals surface area (Å²) in [5.41, 5.74) is -5.30. The molecule has 0 heterocycles. The highest BCUT2D eigenvalue weighted by molar-refractivity contribution is 14.2. The van der Waals surface area contributed by atoms with Crippen molar-refractivity contribution in [3.63, 3.8) is 0 Å². The van der Waals surface area contributed by atoms with Gasteiger partial charge in [0, 0.05) is 0 Å². The molecule has 0 spiro atoms. The van der Waals surface area contributed by atoms with Gasteiger partial charge in [-0.15, -0.1) is 0 Å². The molecule has 0 rings (SSSR count). The van der Waals surface area contributed by atoms with E-state index in [1.165, 1.54) is 66.6 Å². The minimum Gasteiger partial charge on any atom is -0.271 e. The summed E-state index contributed by atoms with van der Waals surface area (Å²) in [6, 6.07) is 0. The van der Waals surface area contributed by atoms with Crippen molar-refractivity contribution in [2.75, 3.05) is 30.4 Å². The van der Waals surface area contributed by atoms with Crippen LogP contribution in [0.15, 0.2) is 0 Å². The average molecular weight is 1320 g/mol. The fourth-order valence-electron chi connectivity index (χ4n) is 0.436. The molecule has 350 valence electrons. The predicted octanol–water partition coefficient (Wildman–Crippen LogP) is 19.4. The van der Waals surface area contributed by atoms with Gasteiger partial charge in [-0.3, -0.25) is 8.37 Å². The Labute approximate surface area is 397 Å². The van der Waals surface area contributed by atoms with E-state index in [0.29, 0.717) is 0 Å². The summed E-state index contributed by atoms with van der Waals surface area (Å²) in [5, 5.41) is 0. The third-order valence-electron chi connectivity index (χ3n) is 2.89. The zero-order chi connectivity index (χ0) is 41.5. The lowest BCUT2D eigenvalue weighted by Gasteiger charge is -2.05. The molecule has 0 bridgehead atoms. The highest BCUT2D eigenvalue weighted by Gasteiger charge is 2.46. The molecular weight excluding hydrogens is 1220 g/mol. The SMILES string of the molecule is BrCBr.BrCBr.C.C.C.C.C.CCC.CCC.CCCC.CCCC.CCCC.CCCC.CCOS(=O)(=O)C(F)(F)F.CCOS(C)(=O)=O.ICI. The number of unbranched alkanes of at least 4 members (excludes halogenated alkanes) is 4. The van der Waals surface area contributed by atoms with Gasteiger partial charge >= 0.3 is 15.6 Å². The second kappa shape index (κ2) is 111. The lowest BCUT2D eigenvalue weighted by molar-refractivity contribution is -0.0539. The Morgan fingerprint density at radius 2 is 0.604 bits per heavy atom. The number of alkyl halides is 9. The molecule has 0 fully saturated rings. The standard InChI is InChI=1S/4C4H10.C3H5F3O3S.C3H8O3S.2C3H8.2CH2Br2.CH2I2.5CH4/c4*1-3-4-2;1-2-9-10(7,8)3(4,5)6;1-3-6-7(2,4)5;2*1-3-2;3*2-1-3;;;;;/h4*3-4H2,1-2H3;2H2,1H3;3H2,1-2H3;2*3H2,1-2H3;3*1H2;5*1H4. The van der Waals surface area contributed by atoms with E-state index in [9.17, 15) is 30.0 Å². The summed E-state index contributed by atoms with van der Waals surface area (Å²) >= 11 is 16.8. The molecule has 0 amide bonds. The van der Waals surface area contributed by atoms with Crippen LogP contribution in [0.1, 0.15) is 198 Å². The van der Waals surface area contributed by atoms with Crippen molar-refractivity contribution in [1.82, 2.24) is 0 Å². The van der Waals surface area contributed by atoms with Gasteiger partial charge in [0.25, 0.3) is 10.1 Å². The van der Waals surface area contributed by atoms with Crippen LogP contribution in [0.2, 0.25) is 0 Å². The maximum Gasteiger partial charge on any atom is 0.523 e. The van der Waals surface area contributed by atoms with Crippen molar-refractivity contribution >= 4 is 129 Å². The van der Waals surface area contributed by atoms with Crippen molar-refractivity contribution in [3.05, 3.63) is 0 Å². The molecule has 0 aromatic carbocycles. The minimum atomic E-state index is -5.35. The summed E-state index contributed by atoms with van der Waals surface area (Å²) in [4.78, 5) is 0. The van der Waals surface area contributed by atoms with Gasteiger partial charge in [-0.25, -0.2) is 0 Å². The maximum atomic E-state index is 11.3. The topological polar surface area (TPSA) is 86.7 Å². The first kappa shape index (κ1) is 106. The predicted molar refractivity (Wildman–Crippen MR) is 279 cm³/mol. The largest absolute Gasteiger partial charge is 0.523 e. The van der Waals surface area contributed by atoms with Gasteiger partial charge in [0.2, 0.25) is 0 Å². The van der Waals surface area contributed by atoms with E-state index < -0.39 is 32.4 Å². The van der Waals surface area contributed by atoms with E-state index in [1.54, 1.807) is 6.92 Å². The zero-order valence-corrected chi connectivity index (χ0v) is 45.1. The molecule has 0 radical (unpaired) electrons. The van der Waals surface area contributed by atoms with Crippen LogP contribution in [0.5, 0.6) is 0 Å². The fourth-order valence-corrected chi connectivity index (χ4v) is 1.31. The Hall–Kier alpha value is 2.99. The summed E-state index contributed by atoms with van der Waals surface area (Å²) in [7, 11) is -8.52.